The third kappa shape index (κ3) is 9.98. The Bertz CT molecular complexity index is 2080. The van der Waals surface area contributed by atoms with Gasteiger partial charge in [0.1, 0.15) is 37.0 Å². The van der Waals surface area contributed by atoms with E-state index in [4.69, 9.17) is 27.8 Å². The minimum absolute atomic E-state index is 0.0148. The highest BCUT2D eigenvalue weighted by molar-refractivity contribution is 6.74. The van der Waals surface area contributed by atoms with Gasteiger partial charge in [-0.1, -0.05) is 102 Å². The molecule has 6 rings (SSSR count). The molecular weight excluding hydrogens is 757 g/mol. The van der Waals surface area contributed by atoms with Gasteiger partial charge >= 0.3 is 11.8 Å². The van der Waals surface area contributed by atoms with Crippen LogP contribution in [0.4, 0.5) is 16.3 Å². The number of ether oxygens (including phenoxy) is 4. The molecule has 0 unspecified atom stereocenters. The third-order valence-electron chi connectivity index (χ3n) is 11.6. The number of alkyl carbamates (subject to hydrolysis) is 1. The molecule has 3 aromatic carbocycles. The van der Waals surface area contributed by atoms with E-state index < -0.39 is 34.6 Å². The van der Waals surface area contributed by atoms with Gasteiger partial charge in [0.15, 0.2) is 34.0 Å². The number of fused-ring (bicyclic) bond motifs is 2. The highest BCUT2D eigenvalue weighted by Crippen LogP contribution is 2.48. The van der Waals surface area contributed by atoms with Crippen LogP contribution in [0.2, 0.25) is 36.3 Å². The van der Waals surface area contributed by atoms with Crippen LogP contribution in [0.3, 0.4) is 0 Å². The number of aromatic nitrogens is 2. The molecule has 306 valence electrons. The first-order chi connectivity index (χ1) is 26.8. The van der Waals surface area contributed by atoms with E-state index >= 15 is 0 Å². The standard InChI is InChI=1S/C43H58N4O8Si2/c1-42(2,3)56(7,8)52-28-36-32(55-57(9,10)43(4,5)6)25-37(54-36)47-26-35-39(46-40(47)48)45-38-33(23-31(24-34(38)53-35)30-19-15-12-16-20-30)50-22-21-44-41(49)51-27-29-17-13-11-14-18-29/h11-20,23-24,26,32,36-37H,21-22,25,27-28H2,1-10H3,(H,44,49)(H,45,46,48)/t32-,36+,37+/m0/s1. The predicted octanol–water partition coefficient (Wildman–Crippen LogP) is 9.76. The van der Waals surface area contributed by atoms with Crippen LogP contribution in [0.5, 0.6) is 17.2 Å². The lowest BCUT2D eigenvalue weighted by atomic mass is 10.0. The lowest BCUT2D eigenvalue weighted by Gasteiger charge is -2.40. The Morgan fingerprint density at radius 2 is 1.58 bits per heavy atom. The Labute approximate surface area is 338 Å². The van der Waals surface area contributed by atoms with Gasteiger partial charge < -0.3 is 38.4 Å². The maximum absolute atomic E-state index is 13.8. The van der Waals surface area contributed by atoms with Crippen molar-refractivity contribution in [3.8, 4) is 28.4 Å². The summed E-state index contributed by atoms with van der Waals surface area (Å²) in [4.78, 5) is 30.6. The van der Waals surface area contributed by atoms with Crippen molar-refractivity contribution in [1.29, 1.82) is 0 Å². The van der Waals surface area contributed by atoms with Gasteiger partial charge in [-0.05, 0) is 65.1 Å². The highest BCUT2D eigenvalue weighted by atomic mass is 28.4. The molecule has 2 aliphatic rings. The Morgan fingerprint density at radius 3 is 2.25 bits per heavy atom. The highest BCUT2D eigenvalue weighted by Gasteiger charge is 2.47. The normalized spacial score (nSPS) is 18.2. The third-order valence-corrected chi connectivity index (χ3v) is 20.6. The molecule has 57 heavy (non-hydrogen) atoms. The van der Waals surface area contributed by atoms with E-state index in [2.05, 4.69) is 83.3 Å². The van der Waals surface area contributed by atoms with Crippen molar-refractivity contribution in [2.75, 3.05) is 25.1 Å². The SMILES string of the molecule is CC(C)(C)[Si](C)(C)OC[C@H]1O[C@@H](n2cc3c(nc2=O)Nc2c(OCCNC(=O)OCc4ccccc4)cc(-c4ccccc4)cc2O3)C[C@@H]1O[Si](C)(C)C(C)(C)C. The minimum atomic E-state index is -2.20. The first-order valence-corrected chi connectivity index (χ1v) is 25.5. The fourth-order valence-electron chi connectivity index (χ4n) is 6.06. The van der Waals surface area contributed by atoms with Crippen molar-refractivity contribution >= 4 is 34.2 Å². The summed E-state index contributed by atoms with van der Waals surface area (Å²) in [6.45, 7) is 23.1. The van der Waals surface area contributed by atoms with Crippen molar-refractivity contribution in [2.45, 2.75) is 109 Å². The summed E-state index contributed by atoms with van der Waals surface area (Å²) in [5, 5.41) is 6.04. The van der Waals surface area contributed by atoms with Gasteiger partial charge in [0.05, 0.1) is 25.5 Å². The van der Waals surface area contributed by atoms with Crippen molar-refractivity contribution in [3.05, 3.63) is 95.0 Å². The zero-order valence-corrected chi connectivity index (χ0v) is 36.9. The van der Waals surface area contributed by atoms with Crippen molar-refractivity contribution in [1.82, 2.24) is 14.9 Å². The molecule has 0 aliphatic carbocycles. The van der Waals surface area contributed by atoms with E-state index in [1.54, 1.807) is 6.20 Å². The van der Waals surface area contributed by atoms with Crippen LogP contribution in [0.25, 0.3) is 11.1 Å². The largest absolute Gasteiger partial charge is 0.489 e. The number of rotatable bonds is 13. The fraction of sp³-hybridized carbons (Fsp3) is 0.465. The molecule has 0 bridgehead atoms. The van der Waals surface area contributed by atoms with Crippen molar-refractivity contribution in [3.63, 3.8) is 0 Å². The molecular formula is C43H58N4O8Si2. The molecule has 1 saturated heterocycles. The number of hydrogen-bond donors (Lipinski definition) is 2. The van der Waals surface area contributed by atoms with Gasteiger partial charge in [0.2, 0.25) is 0 Å². The summed E-state index contributed by atoms with van der Waals surface area (Å²) in [5.74, 6) is 1.59. The zero-order chi connectivity index (χ0) is 41.2. The van der Waals surface area contributed by atoms with E-state index in [1.807, 2.05) is 72.8 Å². The topological polar surface area (TPSA) is 131 Å². The van der Waals surface area contributed by atoms with Crippen molar-refractivity contribution < 1.29 is 32.6 Å². The lowest BCUT2D eigenvalue weighted by Crippen LogP contribution is -2.48. The number of carbonyl (C=O) groups is 1. The van der Waals surface area contributed by atoms with E-state index in [9.17, 15) is 9.59 Å². The Balaban J connectivity index is 1.21. The first-order valence-electron chi connectivity index (χ1n) is 19.7. The average molecular weight is 815 g/mol. The Kier molecular flexibility index (Phi) is 12.4. The molecule has 0 spiro atoms. The first kappa shape index (κ1) is 42.1. The zero-order valence-electron chi connectivity index (χ0n) is 34.9. The van der Waals surface area contributed by atoms with Crippen LogP contribution < -0.4 is 25.8 Å². The van der Waals surface area contributed by atoms with Gasteiger partial charge in [-0.2, -0.15) is 4.98 Å². The predicted molar refractivity (Wildman–Crippen MR) is 228 cm³/mol. The second-order valence-electron chi connectivity index (χ2n) is 17.8. The van der Waals surface area contributed by atoms with Crippen LogP contribution in [0, 0.1) is 0 Å². The van der Waals surface area contributed by atoms with E-state index in [0.29, 0.717) is 36.0 Å². The average Bonchev–Trinajstić information content (AvgIpc) is 3.55. The number of anilines is 2. The van der Waals surface area contributed by atoms with Crippen LogP contribution in [-0.4, -0.2) is 64.2 Å². The van der Waals surface area contributed by atoms with E-state index in [0.717, 1.165) is 16.7 Å². The maximum atomic E-state index is 13.8. The van der Waals surface area contributed by atoms with Crippen LogP contribution in [0.15, 0.2) is 83.8 Å². The van der Waals surface area contributed by atoms with E-state index in [-0.39, 0.29) is 47.9 Å². The molecule has 3 heterocycles. The summed E-state index contributed by atoms with van der Waals surface area (Å²) in [6, 6.07) is 23.2. The second kappa shape index (κ2) is 16.8. The number of hydrogen-bond acceptors (Lipinski definition) is 10. The van der Waals surface area contributed by atoms with Crippen LogP contribution >= 0.6 is 0 Å². The molecule has 0 radical (unpaired) electrons. The monoisotopic (exact) mass is 814 g/mol. The van der Waals surface area contributed by atoms with Gasteiger partial charge in [-0.3, -0.25) is 4.57 Å². The molecule has 1 fully saturated rings. The summed E-state index contributed by atoms with van der Waals surface area (Å²) < 4.78 is 39.8. The summed E-state index contributed by atoms with van der Waals surface area (Å²) in [7, 11) is -4.30. The molecule has 14 heteroatoms. The van der Waals surface area contributed by atoms with Gasteiger partial charge in [-0.25, -0.2) is 9.59 Å². The summed E-state index contributed by atoms with van der Waals surface area (Å²) >= 11 is 0. The smallest absolute Gasteiger partial charge is 0.407 e. The Morgan fingerprint density at radius 1 is 0.912 bits per heavy atom. The van der Waals surface area contributed by atoms with Crippen molar-refractivity contribution in [2.24, 2.45) is 0 Å². The molecule has 0 saturated carbocycles. The number of benzene rings is 3. The molecule has 2 aliphatic heterocycles. The number of carbonyl (C=O) groups excluding carboxylic acids is 1. The lowest BCUT2D eigenvalue weighted by molar-refractivity contribution is -0.0413. The summed E-state index contributed by atoms with van der Waals surface area (Å²) in [5.41, 5.74) is 2.74. The molecule has 1 amide bonds. The van der Waals surface area contributed by atoms with Gasteiger partial charge in [-0.15, -0.1) is 0 Å². The minimum Gasteiger partial charge on any atom is -0.489 e. The summed E-state index contributed by atoms with van der Waals surface area (Å²) in [6.07, 6.45) is 0.311. The number of nitrogens with zero attached hydrogens (tertiary/aromatic N) is 2. The number of nitrogens with one attached hydrogen (secondary N) is 2. The van der Waals surface area contributed by atoms with E-state index in [1.165, 1.54) is 4.57 Å². The molecule has 2 N–H and O–H groups in total. The van der Waals surface area contributed by atoms with Gasteiger partial charge in [0.25, 0.3) is 0 Å². The molecule has 1 aromatic heterocycles. The second-order valence-corrected chi connectivity index (χ2v) is 27.3. The van der Waals surface area contributed by atoms with Crippen LogP contribution in [-0.2, 0) is 24.9 Å². The van der Waals surface area contributed by atoms with Gasteiger partial charge in [0, 0.05) is 6.42 Å². The number of amides is 1. The molecule has 3 atom stereocenters. The maximum Gasteiger partial charge on any atom is 0.407 e. The quantitative estimate of drug-likeness (QED) is 0.0875. The molecule has 12 nitrogen and oxygen atoms in total. The Hall–Kier alpha value is -4.48. The molecule has 4 aromatic rings. The fourth-order valence-corrected chi connectivity index (χ4v) is 8.43. The van der Waals surface area contributed by atoms with Crippen LogP contribution in [0.1, 0.15) is 59.8 Å².